The second-order valence-corrected chi connectivity index (χ2v) is 4.30. The molecule has 1 atom stereocenters. The van der Waals surface area contributed by atoms with Crippen LogP contribution < -0.4 is 5.32 Å². The zero-order chi connectivity index (χ0) is 14.6. The minimum atomic E-state index is -4.24. The molecule has 7 heteroatoms. The lowest BCUT2D eigenvalue weighted by Gasteiger charge is -2.16. The summed E-state index contributed by atoms with van der Waals surface area (Å²) in [4.78, 5) is 0. The first-order valence-corrected chi connectivity index (χ1v) is 5.67. The van der Waals surface area contributed by atoms with Gasteiger partial charge >= 0.3 is 6.18 Å². The van der Waals surface area contributed by atoms with Gasteiger partial charge in [-0.25, -0.2) is 13.2 Å². The first-order chi connectivity index (χ1) is 8.69. The van der Waals surface area contributed by atoms with E-state index in [4.69, 9.17) is 0 Å². The quantitative estimate of drug-likeness (QED) is 0.614. The second kappa shape index (κ2) is 6.16. The van der Waals surface area contributed by atoms with E-state index in [0.29, 0.717) is 6.07 Å². The van der Waals surface area contributed by atoms with E-state index in [1.165, 1.54) is 6.92 Å². The first kappa shape index (κ1) is 15.7. The number of nitrogens with one attached hydrogen (secondary N) is 1. The van der Waals surface area contributed by atoms with Gasteiger partial charge in [0.15, 0.2) is 11.6 Å². The van der Waals surface area contributed by atoms with Gasteiger partial charge in [-0.05, 0) is 19.8 Å². The van der Waals surface area contributed by atoms with Crippen LogP contribution in [0.5, 0.6) is 0 Å². The number of anilines is 1. The smallest absolute Gasteiger partial charge is 0.380 e. The van der Waals surface area contributed by atoms with Gasteiger partial charge in [0.05, 0.1) is 5.69 Å². The third kappa shape index (κ3) is 5.40. The summed E-state index contributed by atoms with van der Waals surface area (Å²) in [5.41, 5.74) is -0.392. The molecule has 0 aliphatic rings. The van der Waals surface area contributed by atoms with E-state index in [1.54, 1.807) is 0 Å². The molecular weight excluding hydrogens is 272 g/mol. The van der Waals surface area contributed by atoms with Crippen LogP contribution in [0.4, 0.5) is 32.0 Å². The van der Waals surface area contributed by atoms with E-state index in [1.807, 2.05) is 0 Å². The van der Waals surface area contributed by atoms with Crippen LogP contribution in [0.3, 0.4) is 0 Å². The van der Waals surface area contributed by atoms with Crippen molar-refractivity contribution in [2.24, 2.45) is 0 Å². The minimum Gasteiger partial charge on any atom is -0.380 e. The molecule has 0 radical (unpaired) electrons. The molecule has 1 unspecified atom stereocenters. The molecule has 1 aromatic rings. The topological polar surface area (TPSA) is 12.0 Å². The highest BCUT2D eigenvalue weighted by Gasteiger charge is 2.26. The summed E-state index contributed by atoms with van der Waals surface area (Å²) in [6.45, 7) is 1.51. The van der Waals surface area contributed by atoms with E-state index in [9.17, 15) is 26.3 Å². The number of halogens is 6. The maximum absolute atomic E-state index is 13.3. The monoisotopic (exact) mass is 285 g/mol. The maximum Gasteiger partial charge on any atom is 0.389 e. The molecule has 1 aromatic carbocycles. The molecule has 0 fully saturated rings. The molecule has 0 saturated heterocycles. The highest BCUT2D eigenvalue weighted by molar-refractivity contribution is 5.46. The van der Waals surface area contributed by atoms with Crippen LogP contribution in [0.1, 0.15) is 26.2 Å². The van der Waals surface area contributed by atoms with E-state index >= 15 is 0 Å². The predicted octanol–water partition coefficient (Wildman–Crippen LogP) is 4.64. The van der Waals surface area contributed by atoms with E-state index in [0.717, 1.165) is 6.07 Å². The minimum absolute atomic E-state index is 0.108. The molecule has 108 valence electrons. The standard InChI is InChI=1S/C12H13F6N/c1-7(3-2-4-12(16,17)18)19-10-6-8(13)5-9(14)11(10)15/h5-7,19H,2-4H2,1H3. The summed E-state index contributed by atoms with van der Waals surface area (Å²) in [5.74, 6) is -3.54. The number of rotatable bonds is 5. The zero-order valence-corrected chi connectivity index (χ0v) is 10.1. The molecule has 0 bridgehead atoms. The molecule has 19 heavy (non-hydrogen) atoms. The molecule has 0 spiro atoms. The normalized spacial score (nSPS) is 13.4. The third-order valence-corrected chi connectivity index (χ3v) is 2.49. The Labute approximate surface area is 106 Å². The van der Waals surface area contributed by atoms with E-state index in [-0.39, 0.29) is 12.8 Å². The molecule has 0 aliphatic heterocycles. The van der Waals surface area contributed by atoms with Crippen molar-refractivity contribution in [3.63, 3.8) is 0 Å². The van der Waals surface area contributed by atoms with Crippen molar-refractivity contribution >= 4 is 5.69 Å². The zero-order valence-electron chi connectivity index (χ0n) is 10.1. The average molecular weight is 285 g/mol. The number of alkyl halides is 3. The average Bonchev–Trinajstić information content (AvgIpc) is 2.23. The molecule has 0 aliphatic carbocycles. The lowest BCUT2D eigenvalue weighted by atomic mass is 10.1. The summed E-state index contributed by atoms with van der Waals surface area (Å²) in [5, 5.41) is 2.46. The van der Waals surface area contributed by atoms with Crippen molar-refractivity contribution in [3.05, 3.63) is 29.6 Å². The van der Waals surface area contributed by atoms with Gasteiger partial charge in [0.25, 0.3) is 0 Å². The van der Waals surface area contributed by atoms with Crippen molar-refractivity contribution in [1.29, 1.82) is 0 Å². The molecule has 0 amide bonds. The first-order valence-electron chi connectivity index (χ1n) is 5.67. The van der Waals surface area contributed by atoms with Gasteiger partial charge in [-0.2, -0.15) is 13.2 Å². The van der Waals surface area contributed by atoms with Crippen molar-refractivity contribution < 1.29 is 26.3 Å². The molecule has 0 saturated carbocycles. The highest BCUT2D eigenvalue weighted by Crippen LogP contribution is 2.24. The van der Waals surface area contributed by atoms with Gasteiger partial charge in [-0.1, -0.05) is 0 Å². The molecule has 1 nitrogen and oxygen atoms in total. The maximum atomic E-state index is 13.3. The van der Waals surface area contributed by atoms with Gasteiger partial charge < -0.3 is 5.32 Å². The summed E-state index contributed by atoms with van der Waals surface area (Å²) in [7, 11) is 0. The Hall–Kier alpha value is -1.40. The fourth-order valence-corrected chi connectivity index (χ4v) is 1.61. The van der Waals surface area contributed by atoms with E-state index in [2.05, 4.69) is 5.32 Å². The Morgan fingerprint density at radius 3 is 2.37 bits per heavy atom. The molecule has 1 N–H and O–H groups in total. The van der Waals surface area contributed by atoms with Crippen LogP contribution >= 0.6 is 0 Å². The van der Waals surface area contributed by atoms with Gasteiger partial charge in [0.1, 0.15) is 5.82 Å². The summed E-state index contributed by atoms with van der Waals surface area (Å²) in [6, 6.07) is 0.631. The largest absolute Gasteiger partial charge is 0.389 e. The lowest BCUT2D eigenvalue weighted by molar-refractivity contribution is -0.135. The summed E-state index contributed by atoms with van der Waals surface area (Å²) in [6.07, 6.45) is -5.22. The van der Waals surface area contributed by atoms with Crippen molar-refractivity contribution in [2.75, 3.05) is 5.32 Å². The van der Waals surface area contributed by atoms with Gasteiger partial charge in [-0.3, -0.25) is 0 Å². The van der Waals surface area contributed by atoms with Gasteiger partial charge in [0.2, 0.25) is 0 Å². The summed E-state index contributed by atoms with van der Waals surface area (Å²) < 4.78 is 74.8. The number of benzene rings is 1. The van der Waals surface area contributed by atoms with Gasteiger partial charge in [-0.15, -0.1) is 0 Å². The Kier molecular flexibility index (Phi) is 5.08. The fraction of sp³-hybridized carbons (Fsp3) is 0.500. The Morgan fingerprint density at radius 1 is 1.16 bits per heavy atom. The Balaban J connectivity index is 2.55. The fourth-order valence-electron chi connectivity index (χ4n) is 1.61. The second-order valence-electron chi connectivity index (χ2n) is 4.30. The predicted molar refractivity (Wildman–Crippen MR) is 59.3 cm³/mol. The highest BCUT2D eigenvalue weighted by atomic mass is 19.4. The SMILES string of the molecule is CC(CCCC(F)(F)F)Nc1cc(F)cc(F)c1F. The van der Waals surface area contributed by atoms with Crippen LogP contribution in [0, 0.1) is 17.5 Å². The van der Waals surface area contributed by atoms with Crippen LogP contribution in [0.2, 0.25) is 0 Å². The number of hydrogen-bond donors (Lipinski definition) is 1. The van der Waals surface area contributed by atoms with Crippen LogP contribution in [-0.2, 0) is 0 Å². The van der Waals surface area contributed by atoms with Crippen LogP contribution in [-0.4, -0.2) is 12.2 Å². The van der Waals surface area contributed by atoms with Crippen molar-refractivity contribution in [3.8, 4) is 0 Å². The Morgan fingerprint density at radius 2 is 1.79 bits per heavy atom. The Bertz CT molecular complexity index is 429. The van der Waals surface area contributed by atoms with Crippen molar-refractivity contribution in [2.45, 2.75) is 38.4 Å². The number of hydrogen-bond acceptors (Lipinski definition) is 1. The lowest BCUT2D eigenvalue weighted by Crippen LogP contribution is -2.18. The van der Waals surface area contributed by atoms with Crippen LogP contribution in [0.15, 0.2) is 12.1 Å². The molecule has 0 aromatic heterocycles. The third-order valence-electron chi connectivity index (χ3n) is 2.49. The van der Waals surface area contributed by atoms with Gasteiger partial charge in [0, 0.05) is 24.6 Å². The van der Waals surface area contributed by atoms with Crippen molar-refractivity contribution in [1.82, 2.24) is 0 Å². The molecule has 1 rings (SSSR count). The molecular formula is C12H13F6N. The summed E-state index contributed by atoms with van der Waals surface area (Å²) >= 11 is 0. The van der Waals surface area contributed by atoms with Crippen LogP contribution in [0.25, 0.3) is 0 Å². The molecule has 0 heterocycles. The van der Waals surface area contributed by atoms with E-state index < -0.39 is 41.8 Å².